The highest BCUT2D eigenvalue weighted by Crippen LogP contribution is 2.17. The van der Waals surface area contributed by atoms with Crippen LogP contribution in [0.15, 0.2) is 24.3 Å². The molecule has 1 aromatic carbocycles. The Morgan fingerprint density at radius 1 is 1.29 bits per heavy atom. The number of aliphatic hydroxyl groups excluding tert-OH is 1. The van der Waals surface area contributed by atoms with E-state index in [0.717, 1.165) is 17.7 Å². The number of aryl methyl sites for hydroxylation is 1. The third-order valence-electron chi connectivity index (χ3n) is 2.23. The number of hydrogen-bond donors (Lipinski definition) is 1. The summed E-state index contributed by atoms with van der Waals surface area (Å²) in [5.41, 5.74) is 2.38. The van der Waals surface area contributed by atoms with E-state index in [0.29, 0.717) is 0 Å². The fraction of sp³-hybridized carbons (Fsp3) is 0.500. The van der Waals surface area contributed by atoms with Gasteiger partial charge >= 0.3 is 0 Å². The normalized spacial score (nSPS) is 12.8. The largest absolute Gasteiger partial charge is 0.388 e. The quantitative estimate of drug-likeness (QED) is 0.806. The zero-order valence-electron chi connectivity index (χ0n) is 8.86. The van der Waals surface area contributed by atoms with Crippen molar-refractivity contribution in [3.8, 4) is 0 Å². The molecule has 0 aliphatic carbocycles. The average Bonchev–Trinajstić information content (AvgIpc) is 2.20. The molecule has 0 radical (unpaired) electrons. The molecule has 0 amide bonds. The highest BCUT2D eigenvalue weighted by atomic mass is 32.2. The molecule has 14 heavy (non-hydrogen) atoms. The van der Waals surface area contributed by atoms with E-state index in [4.69, 9.17) is 0 Å². The van der Waals surface area contributed by atoms with Crippen molar-refractivity contribution >= 4 is 11.8 Å². The SMILES string of the molecule is CCCc1ccc(C(O)CSC)cc1. The van der Waals surface area contributed by atoms with Crippen molar-refractivity contribution in [2.45, 2.75) is 25.9 Å². The Hall–Kier alpha value is -0.470. The number of thioether (sulfide) groups is 1. The first-order valence-electron chi connectivity index (χ1n) is 5.03. The van der Waals surface area contributed by atoms with Crippen molar-refractivity contribution in [1.29, 1.82) is 0 Å². The highest BCUT2D eigenvalue weighted by molar-refractivity contribution is 7.98. The number of benzene rings is 1. The first-order chi connectivity index (χ1) is 6.77. The molecule has 0 aliphatic heterocycles. The lowest BCUT2D eigenvalue weighted by Crippen LogP contribution is -2.00. The lowest BCUT2D eigenvalue weighted by Gasteiger charge is -2.09. The van der Waals surface area contributed by atoms with Crippen LogP contribution in [0.1, 0.15) is 30.6 Å². The molecule has 0 saturated heterocycles. The van der Waals surface area contributed by atoms with Crippen molar-refractivity contribution in [2.24, 2.45) is 0 Å². The molecular weight excluding hydrogens is 192 g/mol. The van der Waals surface area contributed by atoms with Crippen LogP contribution in [0.4, 0.5) is 0 Å². The number of aliphatic hydroxyl groups is 1. The van der Waals surface area contributed by atoms with Gasteiger partial charge < -0.3 is 5.11 Å². The Bertz CT molecular complexity index is 256. The summed E-state index contributed by atoms with van der Waals surface area (Å²) in [7, 11) is 0. The summed E-state index contributed by atoms with van der Waals surface area (Å²) in [5.74, 6) is 0.771. The van der Waals surface area contributed by atoms with Crippen LogP contribution in [0.5, 0.6) is 0 Å². The van der Waals surface area contributed by atoms with Crippen LogP contribution in [0.3, 0.4) is 0 Å². The van der Waals surface area contributed by atoms with Gasteiger partial charge in [0.2, 0.25) is 0 Å². The molecule has 0 fully saturated rings. The molecule has 0 saturated carbocycles. The Labute approximate surface area is 90.5 Å². The summed E-state index contributed by atoms with van der Waals surface area (Å²) in [6, 6.07) is 8.29. The minimum atomic E-state index is -0.319. The average molecular weight is 210 g/mol. The summed E-state index contributed by atoms with van der Waals surface area (Å²) in [5, 5.41) is 9.72. The predicted molar refractivity (Wildman–Crippen MR) is 63.8 cm³/mol. The molecule has 0 spiro atoms. The predicted octanol–water partition coefficient (Wildman–Crippen LogP) is 3.04. The maximum absolute atomic E-state index is 9.72. The van der Waals surface area contributed by atoms with E-state index < -0.39 is 0 Å². The van der Waals surface area contributed by atoms with Crippen LogP contribution in [0.25, 0.3) is 0 Å². The van der Waals surface area contributed by atoms with Gasteiger partial charge in [-0.3, -0.25) is 0 Å². The van der Waals surface area contributed by atoms with E-state index in [9.17, 15) is 5.11 Å². The minimum absolute atomic E-state index is 0.319. The Balaban J connectivity index is 2.62. The highest BCUT2D eigenvalue weighted by Gasteiger charge is 2.05. The molecule has 0 aromatic heterocycles. The number of rotatable bonds is 5. The van der Waals surface area contributed by atoms with Gasteiger partial charge in [0.15, 0.2) is 0 Å². The molecule has 1 unspecified atom stereocenters. The summed E-state index contributed by atoms with van der Waals surface area (Å²) >= 11 is 1.67. The van der Waals surface area contributed by atoms with Crippen molar-refractivity contribution in [3.05, 3.63) is 35.4 Å². The molecule has 1 atom stereocenters. The van der Waals surface area contributed by atoms with E-state index >= 15 is 0 Å². The Morgan fingerprint density at radius 2 is 1.93 bits per heavy atom. The zero-order chi connectivity index (χ0) is 10.4. The second-order valence-corrected chi connectivity index (χ2v) is 4.37. The monoisotopic (exact) mass is 210 g/mol. The van der Waals surface area contributed by atoms with Crippen LogP contribution >= 0.6 is 11.8 Å². The first-order valence-corrected chi connectivity index (χ1v) is 6.43. The van der Waals surface area contributed by atoms with Crippen LogP contribution in [0, 0.1) is 0 Å². The molecule has 0 bridgehead atoms. The van der Waals surface area contributed by atoms with Crippen LogP contribution in [-0.4, -0.2) is 17.1 Å². The van der Waals surface area contributed by atoms with Gasteiger partial charge in [-0.2, -0.15) is 11.8 Å². The lowest BCUT2D eigenvalue weighted by molar-refractivity contribution is 0.204. The molecule has 0 heterocycles. The van der Waals surface area contributed by atoms with Crippen molar-refractivity contribution in [1.82, 2.24) is 0 Å². The van der Waals surface area contributed by atoms with Gasteiger partial charge in [-0.25, -0.2) is 0 Å². The first kappa shape index (κ1) is 11.6. The smallest absolute Gasteiger partial charge is 0.0880 e. The molecule has 1 aromatic rings. The van der Waals surface area contributed by atoms with Crippen LogP contribution < -0.4 is 0 Å². The van der Waals surface area contributed by atoms with Gasteiger partial charge in [0.25, 0.3) is 0 Å². The maximum Gasteiger partial charge on any atom is 0.0880 e. The van der Waals surface area contributed by atoms with E-state index in [-0.39, 0.29) is 6.10 Å². The fourth-order valence-corrected chi connectivity index (χ4v) is 1.96. The molecule has 1 N–H and O–H groups in total. The second-order valence-electron chi connectivity index (χ2n) is 3.46. The fourth-order valence-electron chi connectivity index (χ4n) is 1.45. The molecular formula is C12H18OS. The molecule has 2 heteroatoms. The van der Waals surface area contributed by atoms with E-state index in [1.807, 2.05) is 18.4 Å². The summed E-state index contributed by atoms with van der Waals surface area (Å²) in [4.78, 5) is 0. The van der Waals surface area contributed by atoms with Gasteiger partial charge in [-0.1, -0.05) is 37.6 Å². The third kappa shape index (κ3) is 3.35. The Kier molecular flexibility index (Phi) is 5.05. The molecule has 78 valence electrons. The van der Waals surface area contributed by atoms with E-state index in [1.54, 1.807) is 11.8 Å². The van der Waals surface area contributed by atoms with Gasteiger partial charge in [0, 0.05) is 5.75 Å². The third-order valence-corrected chi connectivity index (χ3v) is 2.88. The molecule has 1 nitrogen and oxygen atoms in total. The van der Waals surface area contributed by atoms with E-state index in [1.165, 1.54) is 12.0 Å². The van der Waals surface area contributed by atoms with Gasteiger partial charge in [-0.15, -0.1) is 0 Å². The Morgan fingerprint density at radius 3 is 2.43 bits per heavy atom. The van der Waals surface area contributed by atoms with Crippen molar-refractivity contribution < 1.29 is 5.11 Å². The van der Waals surface area contributed by atoms with Crippen molar-refractivity contribution in [3.63, 3.8) is 0 Å². The topological polar surface area (TPSA) is 20.2 Å². The summed E-state index contributed by atoms with van der Waals surface area (Å²) < 4.78 is 0. The zero-order valence-corrected chi connectivity index (χ0v) is 9.68. The van der Waals surface area contributed by atoms with Crippen LogP contribution in [0.2, 0.25) is 0 Å². The lowest BCUT2D eigenvalue weighted by atomic mass is 10.1. The molecule has 0 aliphatic rings. The number of hydrogen-bond acceptors (Lipinski definition) is 2. The molecule has 1 rings (SSSR count). The van der Waals surface area contributed by atoms with Gasteiger partial charge in [0.1, 0.15) is 0 Å². The maximum atomic E-state index is 9.72. The van der Waals surface area contributed by atoms with E-state index in [2.05, 4.69) is 19.1 Å². The van der Waals surface area contributed by atoms with Gasteiger partial charge in [-0.05, 0) is 23.8 Å². The minimum Gasteiger partial charge on any atom is -0.388 e. The van der Waals surface area contributed by atoms with Crippen LogP contribution in [-0.2, 0) is 6.42 Å². The van der Waals surface area contributed by atoms with Gasteiger partial charge in [0.05, 0.1) is 6.10 Å². The second kappa shape index (κ2) is 6.10. The standard InChI is InChI=1S/C12H18OS/c1-3-4-10-5-7-11(8-6-10)12(13)9-14-2/h5-8,12-13H,3-4,9H2,1-2H3. The summed E-state index contributed by atoms with van der Waals surface area (Å²) in [6.45, 7) is 2.18. The van der Waals surface area contributed by atoms with Crippen molar-refractivity contribution in [2.75, 3.05) is 12.0 Å². The summed E-state index contributed by atoms with van der Waals surface area (Å²) in [6.07, 6.45) is 3.99.